The van der Waals surface area contributed by atoms with Crippen molar-refractivity contribution in [1.82, 2.24) is 0 Å². The third kappa shape index (κ3) is 2.83. The Morgan fingerprint density at radius 3 is 2.00 bits per heavy atom. The molecule has 4 heteroatoms. The van der Waals surface area contributed by atoms with Crippen molar-refractivity contribution in [3.63, 3.8) is 0 Å². The maximum absolute atomic E-state index is 11.3. The van der Waals surface area contributed by atoms with E-state index < -0.39 is 9.84 Å². The van der Waals surface area contributed by atoms with Crippen LogP contribution in [-0.4, -0.2) is 14.7 Å². The van der Waals surface area contributed by atoms with Crippen molar-refractivity contribution in [1.29, 1.82) is 5.26 Å². The Balaban J connectivity index is 3.09. The molecule has 1 aromatic rings. The Labute approximate surface area is 96.6 Å². The second-order valence-corrected chi connectivity index (χ2v) is 6.21. The fourth-order valence-corrected chi connectivity index (χ4v) is 2.16. The molecule has 0 radical (unpaired) electrons. The molecular formula is C12H15NO2S. The molecule has 1 atom stereocenters. The van der Waals surface area contributed by atoms with E-state index in [1.807, 2.05) is 13.8 Å². The maximum atomic E-state index is 11.3. The molecule has 0 aromatic heterocycles. The average Bonchev–Trinajstić information content (AvgIpc) is 2.17. The van der Waals surface area contributed by atoms with Gasteiger partial charge in [0, 0.05) is 6.26 Å². The Morgan fingerprint density at radius 2 is 1.69 bits per heavy atom. The first-order valence-corrected chi connectivity index (χ1v) is 6.95. The fourth-order valence-electron chi connectivity index (χ4n) is 1.53. The van der Waals surface area contributed by atoms with E-state index in [9.17, 15) is 8.42 Å². The van der Waals surface area contributed by atoms with Crippen molar-refractivity contribution in [2.24, 2.45) is 5.92 Å². The van der Waals surface area contributed by atoms with Gasteiger partial charge in [0.15, 0.2) is 9.84 Å². The van der Waals surface area contributed by atoms with Gasteiger partial charge in [-0.3, -0.25) is 0 Å². The summed E-state index contributed by atoms with van der Waals surface area (Å²) in [5.74, 6) is 0.0303. The van der Waals surface area contributed by atoms with Gasteiger partial charge < -0.3 is 0 Å². The van der Waals surface area contributed by atoms with Crippen LogP contribution in [0.3, 0.4) is 0 Å². The average molecular weight is 237 g/mol. The van der Waals surface area contributed by atoms with Crippen LogP contribution in [0.25, 0.3) is 0 Å². The van der Waals surface area contributed by atoms with Crippen LogP contribution in [0.1, 0.15) is 25.3 Å². The summed E-state index contributed by atoms with van der Waals surface area (Å²) in [6.45, 7) is 3.94. The first-order chi connectivity index (χ1) is 7.36. The Bertz CT molecular complexity index is 495. The lowest BCUT2D eigenvalue weighted by atomic mass is 9.90. The highest BCUT2D eigenvalue weighted by Crippen LogP contribution is 2.24. The van der Waals surface area contributed by atoms with Gasteiger partial charge in [0.05, 0.1) is 16.9 Å². The SMILES string of the molecule is CC(C)C(C#N)c1ccc(S(C)(=O)=O)cc1. The molecular weight excluding hydrogens is 222 g/mol. The number of nitriles is 1. The lowest BCUT2D eigenvalue weighted by Gasteiger charge is -2.13. The molecule has 3 nitrogen and oxygen atoms in total. The smallest absolute Gasteiger partial charge is 0.175 e. The number of rotatable bonds is 3. The summed E-state index contributed by atoms with van der Waals surface area (Å²) in [5, 5.41) is 9.01. The molecule has 0 aliphatic carbocycles. The van der Waals surface area contributed by atoms with E-state index in [1.54, 1.807) is 24.3 Å². The highest BCUT2D eigenvalue weighted by molar-refractivity contribution is 7.90. The molecule has 1 unspecified atom stereocenters. The topological polar surface area (TPSA) is 57.9 Å². The number of hydrogen-bond acceptors (Lipinski definition) is 3. The molecule has 16 heavy (non-hydrogen) atoms. The zero-order valence-corrected chi connectivity index (χ0v) is 10.5. The molecule has 86 valence electrons. The van der Waals surface area contributed by atoms with Gasteiger partial charge in [-0.05, 0) is 23.6 Å². The quantitative estimate of drug-likeness (QED) is 0.810. The minimum atomic E-state index is -3.16. The van der Waals surface area contributed by atoms with Crippen LogP contribution in [0.2, 0.25) is 0 Å². The zero-order valence-electron chi connectivity index (χ0n) is 9.64. The minimum Gasteiger partial charge on any atom is -0.224 e. The third-order valence-electron chi connectivity index (χ3n) is 2.47. The van der Waals surface area contributed by atoms with Crippen molar-refractivity contribution >= 4 is 9.84 Å². The van der Waals surface area contributed by atoms with Crippen LogP contribution in [0, 0.1) is 17.2 Å². The summed E-state index contributed by atoms with van der Waals surface area (Å²) >= 11 is 0. The van der Waals surface area contributed by atoms with E-state index in [2.05, 4.69) is 6.07 Å². The second-order valence-electron chi connectivity index (χ2n) is 4.19. The van der Waals surface area contributed by atoms with Crippen molar-refractivity contribution < 1.29 is 8.42 Å². The molecule has 0 spiro atoms. The van der Waals surface area contributed by atoms with E-state index in [4.69, 9.17) is 5.26 Å². The van der Waals surface area contributed by atoms with Gasteiger partial charge in [0.1, 0.15) is 0 Å². The zero-order chi connectivity index (χ0) is 12.3. The number of nitrogens with zero attached hydrogens (tertiary/aromatic N) is 1. The van der Waals surface area contributed by atoms with E-state index in [-0.39, 0.29) is 16.7 Å². The summed E-state index contributed by atoms with van der Waals surface area (Å²) in [7, 11) is -3.16. The van der Waals surface area contributed by atoms with Crippen LogP contribution in [0.5, 0.6) is 0 Å². The molecule has 1 rings (SSSR count). The highest BCUT2D eigenvalue weighted by Gasteiger charge is 2.15. The number of benzene rings is 1. The molecule has 0 aliphatic heterocycles. The number of sulfone groups is 1. The standard InChI is InChI=1S/C12H15NO2S/c1-9(2)12(8-13)10-4-6-11(7-5-10)16(3,14)15/h4-7,9,12H,1-3H3. The van der Waals surface area contributed by atoms with Crippen LogP contribution in [0.15, 0.2) is 29.2 Å². The van der Waals surface area contributed by atoms with E-state index in [0.717, 1.165) is 5.56 Å². The van der Waals surface area contributed by atoms with Gasteiger partial charge in [-0.1, -0.05) is 26.0 Å². The second kappa shape index (κ2) is 4.67. The summed E-state index contributed by atoms with van der Waals surface area (Å²) in [5.41, 5.74) is 0.866. The lowest BCUT2D eigenvalue weighted by Crippen LogP contribution is -2.04. The summed E-state index contributed by atoms with van der Waals surface area (Å²) < 4.78 is 22.5. The maximum Gasteiger partial charge on any atom is 0.175 e. The fraction of sp³-hybridized carbons (Fsp3) is 0.417. The van der Waals surface area contributed by atoms with Crippen LogP contribution in [-0.2, 0) is 9.84 Å². The van der Waals surface area contributed by atoms with Gasteiger partial charge in [0.2, 0.25) is 0 Å². The summed E-state index contributed by atoms with van der Waals surface area (Å²) in [6, 6.07) is 8.76. The molecule has 0 N–H and O–H groups in total. The summed E-state index contributed by atoms with van der Waals surface area (Å²) in [4.78, 5) is 0.289. The summed E-state index contributed by atoms with van der Waals surface area (Å²) in [6.07, 6.45) is 1.17. The molecule has 0 saturated carbocycles. The largest absolute Gasteiger partial charge is 0.224 e. The van der Waals surface area contributed by atoms with Crippen LogP contribution >= 0.6 is 0 Å². The van der Waals surface area contributed by atoms with Crippen LogP contribution < -0.4 is 0 Å². The molecule has 0 aliphatic rings. The highest BCUT2D eigenvalue weighted by atomic mass is 32.2. The van der Waals surface area contributed by atoms with Gasteiger partial charge in [0.25, 0.3) is 0 Å². The van der Waals surface area contributed by atoms with Crippen molar-refractivity contribution in [2.75, 3.05) is 6.26 Å². The molecule has 1 aromatic carbocycles. The normalized spacial score (nSPS) is 13.4. The van der Waals surface area contributed by atoms with Gasteiger partial charge in [-0.2, -0.15) is 5.26 Å². The van der Waals surface area contributed by atoms with E-state index in [1.165, 1.54) is 6.26 Å². The molecule has 0 heterocycles. The van der Waals surface area contributed by atoms with Gasteiger partial charge in [-0.15, -0.1) is 0 Å². The molecule has 0 amide bonds. The Hall–Kier alpha value is -1.34. The van der Waals surface area contributed by atoms with E-state index >= 15 is 0 Å². The monoisotopic (exact) mass is 237 g/mol. The predicted octanol–water partition coefficient (Wildman–Crippen LogP) is 2.35. The minimum absolute atomic E-state index is 0.186. The Kier molecular flexibility index (Phi) is 3.71. The lowest BCUT2D eigenvalue weighted by molar-refractivity contribution is 0.586. The van der Waals surface area contributed by atoms with Gasteiger partial charge in [-0.25, -0.2) is 8.42 Å². The molecule has 0 fully saturated rings. The first-order valence-electron chi connectivity index (χ1n) is 5.06. The first kappa shape index (κ1) is 12.7. The molecule has 0 saturated heterocycles. The Morgan fingerprint density at radius 1 is 1.19 bits per heavy atom. The third-order valence-corrected chi connectivity index (χ3v) is 3.60. The van der Waals surface area contributed by atoms with Crippen molar-refractivity contribution in [2.45, 2.75) is 24.7 Å². The predicted molar refractivity (Wildman–Crippen MR) is 62.7 cm³/mol. The molecule has 0 bridgehead atoms. The van der Waals surface area contributed by atoms with Gasteiger partial charge >= 0.3 is 0 Å². The van der Waals surface area contributed by atoms with E-state index in [0.29, 0.717) is 0 Å². The van der Waals surface area contributed by atoms with Crippen molar-refractivity contribution in [3.05, 3.63) is 29.8 Å². The van der Waals surface area contributed by atoms with Crippen LogP contribution in [0.4, 0.5) is 0 Å². The number of hydrogen-bond donors (Lipinski definition) is 0. The van der Waals surface area contributed by atoms with Crippen molar-refractivity contribution in [3.8, 4) is 6.07 Å².